The first-order valence-corrected chi connectivity index (χ1v) is 9.87. The van der Waals surface area contributed by atoms with Crippen molar-refractivity contribution in [2.75, 3.05) is 19.4 Å². The smallest absolute Gasteiger partial charge is 0.235 e. The van der Waals surface area contributed by atoms with E-state index in [1.807, 2.05) is 0 Å². The van der Waals surface area contributed by atoms with Crippen LogP contribution in [0.5, 0.6) is 5.75 Å². The molecule has 0 atom stereocenters. The first-order valence-electron chi connectivity index (χ1n) is 7.67. The van der Waals surface area contributed by atoms with E-state index in [-0.39, 0.29) is 5.75 Å². The number of nitrogens with one attached hydrogen (secondary N) is 1. The maximum Gasteiger partial charge on any atom is 0.235 e. The molecule has 0 aliphatic heterocycles. The standard InChI is InChI=1S/C16H24ClNO4S/c1-3-4-5-6-9-18-16(19)12-23(20,21)11-13-10-14(17)7-8-15(13)22-2/h7-8,10H,3-6,9,11-12H2,1-2H3,(H,18,19). The molecular formula is C16H24ClNO4S. The van der Waals surface area contributed by atoms with Crippen LogP contribution in [0.25, 0.3) is 0 Å². The van der Waals surface area contributed by atoms with Crippen molar-refractivity contribution in [3.05, 3.63) is 28.8 Å². The fourth-order valence-corrected chi connectivity index (χ4v) is 3.68. The van der Waals surface area contributed by atoms with Gasteiger partial charge in [0.1, 0.15) is 11.5 Å². The molecule has 0 fully saturated rings. The number of carbonyl (C=O) groups is 1. The quantitative estimate of drug-likeness (QED) is 0.650. The molecule has 0 bridgehead atoms. The molecule has 5 nitrogen and oxygen atoms in total. The van der Waals surface area contributed by atoms with E-state index in [4.69, 9.17) is 16.3 Å². The molecule has 0 unspecified atom stereocenters. The Morgan fingerprint density at radius 2 is 2.00 bits per heavy atom. The molecule has 0 aliphatic carbocycles. The fourth-order valence-electron chi connectivity index (χ4n) is 2.18. The lowest BCUT2D eigenvalue weighted by atomic mass is 10.2. The summed E-state index contributed by atoms with van der Waals surface area (Å²) in [6.45, 7) is 2.62. The number of amides is 1. The summed E-state index contributed by atoms with van der Waals surface area (Å²) in [5.41, 5.74) is 0.454. The zero-order valence-corrected chi connectivity index (χ0v) is 15.2. The summed E-state index contributed by atoms with van der Waals surface area (Å²) in [5, 5.41) is 3.08. The Labute approximate surface area is 143 Å². The van der Waals surface area contributed by atoms with Gasteiger partial charge in [-0.25, -0.2) is 8.42 Å². The number of carbonyl (C=O) groups excluding carboxylic acids is 1. The van der Waals surface area contributed by atoms with Crippen molar-refractivity contribution in [2.45, 2.75) is 38.4 Å². The number of sulfone groups is 1. The summed E-state index contributed by atoms with van der Waals surface area (Å²) in [5.74, 6) is -0.836. The fraction of sp³-hybridized carbons (Fsp3) is 0.562. The Hall–Kier alpha value is -1.27. The van der Waals surface area contributed by atoms with Crippen molar-refractivity contribution >= 4 is 27.3 Å². The molecule has 0 aliphatic rings. The van der Waals surface area contributed by atoms with Gasteiger partial charge in [0, 0.05) is 17.1 Å². The van der Waals surface area contributed by atoms with Gasteiger partial charge in [-0.3, -0.25) is 4.79 Å². The molecule has 130 valence electrons. The van der Waals surface area contributed by atoms with E-state index in [0.29, 0.717) is 22.9 Å². The van der Waals surface area contributed by atoms with Crippen LogP contribution in [0.1, 0.15) is 38.2 Å². The van der Waals surface area contributed by atoms with Crippen LogP contribution < -0.4 is 10.1 Å². The summed E-state index contributed by atoms with van der Waals surface area (Å²) in [7, 11) is -2.12. The van der Waals surface area contributed by atoms with Crippen LogP contribution >= 0.6 is 11.6 Å². The van der Waals surface area contributed by atoms with Gasteiger partial charge < -0.3 is 10.1 Å². The average molecular weight is 362 g/mol. The van der Waals surface area contributed by atoms with Crippen molar-refractivity contribution in [3.8, 4) is 5.75 Å². The monoisotopic (exact) mass is 361 g/mol. The third-order valence-corrected chi connectivity index (χ3v) is 5.01. The highest BCUT2D eigenvalue weighted by Gasteiger charge is 2.19. The van der Waals surface area contributed by atoms with Gasteiger partial charge in [-0.05, 0) is 24.6 Å². The minimum absolute atomic E-state index is 0.278. The number of methoxy groups -OCH3 is 1. The highest BCUT2D eigenvalue weighted by atomic mass is 35.5. The Bertz CT molecular complexity index is 617. The van der Waals surface area contributed by atoms with Crippen LogP contribution in [-0.4, -0.2) is 33.7 Å². The predicted molar refractivity (Wildman–Crippen MR) is 92.6 cm³/mol. The molecule has 1 N–H and O–H groups in total. The molecule has 0 spiro atoms. The molecule has 7 heteroatoms. The normalized spacial score (nSPS) is 11.3. The second-order valence-electron chi connectivity index (χ2n) is 5.40. The van der Waals surface area contributed by atoms with Crippen molar-refractivity contribution in [1.82, 2.24) is 5.32 Å². The number of unbranched alkanes of at least 4 members (excludes halogenated alkanes) is 3. The Morgan fingerprint density at radius 3 is 2.65 bits per heavy atom. The lowest BCUT2D eigenvalue weighted by molar-refractivity contribution is -0.118. The minimum Gasteiger partial charge on any atom is -0.496 e. The van der Waals surface area contributed by atoms with Gasteiger partial charge in [0.05, 0.1) is 12.9 Å². The lowest BCUT2D eigenvalue weighted by Gasteiger charge is -2.10. The van der Waals surface area contributed by atoms with Crippen molar-refractivity contribution in [2.24, 2.45) is 0 Å². The number of hydrogen-bond donors (Lipinski definition) is 1. The largest absolute Gasteiger partial charge is 0.496 e. The molecule has 0 saturated heterocycles. The van der Waals surface area contributed by atoms with E-state index in [1.54, 1.807) is 18.2 Å². The Morgan fingerprint density at radius 1 is 1.26 bits per heavy atom. The van der Waals surface area contributed by atoms with Gasteiger partial charge in [0.25, 0.3) is 0 Å². The van der Waals surface area contributed by atoms with Gasteiger partial charge in [-0.15, -0.1) is 0 Å². The number of ether oxygens (including phenoxy) is 1. The minimum atomic E-state index is -3.58. The SMILES string of the molecule is CCCCCCNC(=O)CS(=O)(=O)Cc1cc(Cl)ccc1OC. The third kappa shape index (κ3) is 7.70. The molecule has 0 radical (unpaired) electrons. The third-order valence-electron chi connectivity index (χ3n) is 3.32. The van der Waals surface area contributed by atoms with E-state index in [1.165, 1.54) is 7.11 Å². The van der Waals surface area contributed by atoms with Crippen molar-refractivity contribution in [1.29, 1.82) is 0 Å². The summed E-state index contributed by atoms with van der Waals surface area (Å²) >= 11 is 5.89. The van der Waals surface area contributed by atoms with E-state index in [2.05, 4.69) is 12.2 Å². The zero-order chi connectivity index (χ0) is 17.3. The zero-order valence-electron chi connectivity index (χ0n) is 13.6. The van der Waals surface area contributed by atoms with Gasteiger partial charge in [-0.1, -0.05) is 37.8 Å². The van der Waals surface area contributed by atoms with E-state index in [9.17, 15) is 13.2 Å². The maximum absolute atomic E-state index is 12.2. The molecule has 0 saturated carbocycles. The first-order chi connectivity index (χ1) is 10.9. The van der Waals surface area contributed by atoms with Crippen LogP contribution in [0.2, 0.25) is 5.02 Å². The second-order valence-corrected chi connectivity index (χ2v) is 7.90. The van der Waals surface area contributed by atoms with Crippen molar-refractivity contribution < 1.29 is 17.9 Å². The molecule has 0 heterocycles. The number of benzene rings is 1. The van der Waals surface area contributed by atoms with Gasteiger partial charge in [0.2, 0.25) is 5.91 Å². The lowest BCUT2D eigenvalue weighted by Crippen LogP contribution is -2.31. The van der Waals surface area contributed by atoms with E-state index >= 15 is 0 Å². The van der Waals surface area contributed by atoms with Crippen LogP contribution in [0.4, 0.5) is 0 Å². The average Bonchev–Trinajstić information content (AvgIpc) is 2.46. The summed E-state index contributed by atoms with van der Waals surface area (Å²) in [4.78, 5) is 11.8. The van der Waals surface area contributed by atoms with Gasteiger partial charge in [-0.2, -0.15) is 0 Å². The van der Waals surface area contributed by atoms with Crippen LogP contribution in [-0.2, 0) is 20.4 Å². The molecule has 1 aromatic carbocycles. The van der Waals surface area contributed by atoms with Gasteiger partial charge >= 0.3 is 0 Å². The predicted octanol–water partition coefficient (Wildman–Crippen LogP) is 2.96. The number of hydrogen-bond acceptors (Lipinski definition) is 4. The van der Waals surface area contributed by atoms with E-state index in [0.717, 1.165) is 25.7 Å². The highest BCUT2D eigenvalue weighted by molar-refractivity contribution is 7.91. The van der Waals surface area contributed by atoms with Crippen LogP contribution in [0.15, 0.2) is 18.2 Å². The molecular weight excluding hydrogens is 338 g/mol. The van der Waals surface area contributed by atoms with Gasteiger partial charge in [0.15, 0.2) is 9.84 Å². The summed E-state index contributed by atoms with van der Waals surface area (Å²) in [6.07, 6.45) is 4.12. The highest BCUT2D eigenvalue weighted by Crippen LogP contribution is 2.24. The molecule has 1 rings (SSSR count). The summed E-state index contributed by atoms with van der Waals surface area (Å²) < 4.78 is 29.5. The number of rotatable bonds is 10. The topological polar surface area (TPSA) is 72.5 Å². The molecule has 1 aromatic rings. The molecule has 1 amide bonds. The van der Waals surface area contributed by atoms with E-state index < -0.39 is 21.5 Å². The maximum atomic E-state index is 12.2. The molecule has 23 heavy (non-hydrogen) atoms. The molecule has 0 aromatic heterocycles. The second kappa shape index (κ2) is 9.78. The van der Waals surface area contributed by atoms with Crippen LogP contribution in [0, 0.1) is 0 Å². The summed E-state index contributed by atoms with van der Waals surface area (Å²) in [6, 6.07) is 4.78. The van der Waals surface area contributed by atoms with Crippen LogP contribution in [0.3, 0.4) is 0 Å². The first kappa shape index (κ1) is 19.8. The Kier molecular flexibility index (Phi) is 8.41. The Balaban J connectivity index is 2.56. The number of halogens is 1. The van der Waals surface area contributed by atoms with Crippen molar-refractivity contribution in [3.63, 3.8) is 0 Å².